The van der Waals surface area contributed by atoms with Gasteiger partial charge in [-0.1, -0.05) is 0 Å². The van der Waals surface area contributed by atoms with Gasteiger partial charge in [0.25, 0.3) is 0 Å². The van der Waals surface area contributed by atoms with Crippen molar-refractivity contribution in [3.63, 3.8) is 0 Å². The van der Waals surface area contributed by atoms with E-state index in [2.05, 4.69) is 5.32 Å². The summed E-state index contributed by atoms with van der Waals surface area (Å²) in [5.74, 6) is -2.77. The average Bonchev–Trinajstić information content (AvgIpc) is 2.43. The van der Waals surface area contributed by atoms with Crippen molar-refractivity contribution >= 4 is 17.5 Å². The van der Waals surface area contributed by atoms with E-state index in [4.69, 9.17) is 5.73 Å². The summed E-state index contributed by atoms with van der Waals surface area (Å²) in [5.41, 5.74) is 5.35. The molecule has 1 aromatic rings. The molecule has 114 valence electrons. The van der Waals surface area contributed by atoms with E-state index in [1.807, 2.05) is 4.90 Å². The second-order valence-corrected chi connectivity index (χ2v) is 5.13. The number of nitrogens with zero attached hydrogens (tertiary/aromatic N) is 1. The van der Waals surface area contributed by atoms with E-state index in [-0.39, 0.29) is 30.0 Å². The third kappa shape index (κ3) is 4.22. The minimum atomic E-state index is -0.996. The smallest absolute Gasteiger partial charge is 0.231 e. The molecule has 0 unspecified atom stereocenters. The number of nitrogens with one attached hydrogen (secondary N) is 1. The van der Waals surface area contributed by atoms with E-state index < -0.39 is 11.6 Å². The fraction of sp³-hybridized carbons (Fsp3) is 0.429. The highest BCUT2D eigenvalue weighted by Crippen LogP contribution is 2.20. The number of carbonyl (C=O) groups is 2. The van der Waals surface area contributed by atoms with Crippen LogP contribution in [-0.2, 0) is 9.59 Å². The lowest BCUT2D eigenvalue weighted by Crippen LogP contribution is -2.42. The van der Waals surface area contributed by atoms with Crippen molar-refractivity contribution in [1.29, 1.82) is 0 Å². The molecule has 7 heteroatoms. The van der Waals surface area contributed by atoms with Crippen LogP contribution >= 0.6 is 0 Å². The molecule has 1 saturated heterocycles. The number of nitrogens with two attached hydrogens (primary N) is 1. The number of primary amides is 1. The van der Waals surface area contributed by atoms with Gasteiger partial charge in [-0.2, -0.15) is 0 Å². The summed E-state index contributed by atoms with van der Waals surface area (Å²) >= 11 is 0. The maximum absolute atomic E-state index is 13.1. The molecule has 0 spiro atoms. The normalized spacial score (nSPS) is 16.7. The second-order valence-electron chi connectivity index (χ2n) is 5.13. The van der Waals surface area contributed by atoms with Crippen molar-refractivity contribution in [3.05, 3.63) is 29.8 Å². The molecular formula is C14H17F2N3O2. The van der Waals surface area contributed by atoms with Gasteiger partial charge in [-0.15, -0.1) is 0 Å². The van der Waals surface area contributed by atoms with Gasteiger partial charge >= 0.3 is 0 Å². The lowest BCUT2D eigenvalue weighted by molar-refractivity contribution is -0.122. The van der Waals surface area contributed by atoms with Crippen LogP contribution in [0.25, 0.3) is 0 Å². The average molecular weight is 297 g/mol. The predicted octanol–water partition coefficient (Wildman–Crippen LogP) is 1.10. The van der Waals surface area contributed by atoms with Crippen LogP contribution in [0, 0.1) is 17.6 Å². The molecule has 2 amide bonds. The minimum absolute atomic E-state index is 0.192. The fourth-order valence-electron chi connectivity index (χ4n) is 2.39. The second kappa shape index (κ2) is 6.62. The third-order valence-corrected chi connectivity index (χ3v) is 3.52. The van der Waals surface area contributed by atoms with Gasteiger partial charge in [-0.3, -0.25) is 14.5 Å². The van der Waals surface area contributed by atoms with E-state index in [0.717, 1.165) is 12.1 Å². The van der Waals surface area contributed by atoms with Gasteiger partial charge in [0.1, 0.15) is 0 Å². The molecule has 0 atom stereocenters. The molecule has 0 aromatic heterocycles. The summed E-state index contributed by atoms with van der Waals surface area (Å²) in [6, 6.07) is 3.24. The van der Waals surface area contributed by atoms with Crippen molar-refractivity contribution in [3.8, 4) is 0 Å². The van der Waals surface area contributed by atoms with Gasteiger partial charge in [-0.25, -0.2) is 8.78 Å². The Hall–Kier alpha value is -2.02. The van der Waals surface area contributed by atoms with E-state index in [0.29, 0.717) is 25.9 Å². The number of halogens is 2. The van der Waals surface area contributed by atoms with E-state index in [1.165, 1.54) is 6.07 Å². The Morgan fingerprint density at radius 2 is 1.90 bits per heavy atom. The van der Waals surface area contributed by atoms with Gasteiger partial charge < -0.3 is 11.1 Å². The van der Waals surface area contributed by atoms with Crippen LogP contribution < -0.4 is 11.1 Å². The van der Waals surface area contributed by atoms with Gasteiger partial charge in [0.2, 0.25) is 11.8 Å². The molecule has 1 fully saturated rings. The number of piperidine rings is 1. The van der Waals surface area contributed by atoms with Gasteiger partial charge in [-0.05, 0) is 38.1 Å². The van der Waals surface area contributed by atoms with Gasteiger partial charge in [0.15, 0.2) is 11.6 Å². The van der Waals surface area contributed by atoms with Crippen LogP contribution in [0.2, 0.25) is 0 Å². The largest absolute Gasteiger partial charge is 0.369 e. The third-order valence-electron chi connectivity index (χ3n) is 3.52. The Labute approximate surface area is 121 Å². The van der Waals surface area contributed by atoms with Crippen LogP contribution in [0.1, 0.15) is 12.8 Å². The first kappa shape index (κ1) is 15.4. The van der Waals surface area contributed by atoms with Gasteiger partial charge in [0, 0.05) is 17.7 Å². The van der Waals surface area contributed by atoms with E-state index in [9.17, 15) is 18.4 Å². The van der Waals surface area contributed by atoms with Crippen LogP contribution in [0.15, 0.2) is 18.2 Å². The van der Waals surface area contributed by atoms with Crippen molar-refractivity contribution in [2.75, 3.05) is 25.0 Å². The van der Waals surface area contributed by atoms with Crippen LogP contribution in [0.4, 0.5) is 14.5 Å². The highest BCUT2D eigenvalue weighted by Gasteiger charge is 2.25. The maximum Gasteiger partial charge on any atom is 0.231 e. The zero-order valence-electron chi connectivity index (χ0n) is 11.4. The summed E-state index contributed by atoms with van der Waals surface area (Å²) in [4.78, 5) is 24.8. The number of anilines is 1. The number of amides is 2. The van der Waals surface area contributed by atoms with Crippen molar-refractivity contribution < 1.29 is 18.4 Å². The number of hydrogen-bond acceptors (Lipinski definition) is 3. The standard InChI is InChI=1S/C14H17F2N3O2/c15-11-2-1-10(7-12(11)16)18-14(21)9-3-5-19(6-4-9)8-13(17)20/h1-2,7,9H,3-6,8H2,(H2,17,20)(H,18,21). The zero-order valence-corrected chi connectivity index (χ0v) is 11.4. The summed E-state index contributed by atoms with van der Waals surface area (Å²) in [6.45, 7) is 1.41. The topological polar surface area (TPSA) is 75.4 Å². The number of likely N-dealkylation sites (tertiary alicyclic amines) is 1. The molecule has 1 aliphatic rings. The van der Waals surface area contributed by atoms with Crippen LogP contribution in [-0.4, -0.2) is 36.3 Å². The fourth-order valence-corrected chi connectivity index (χ4v) is 2.39. The zero-order chi connectivity index (χ0) is 15.4. The summed E-state index contributed by atoms with van der Waals surface area (Å²) in [7, 11) is 0. The molecular weight excluding hydrogens is 280 g/mol. The quantitative estimate of drug-likeness (QED) is 0.874. The Bertz CT molecular complexity index is 543. The maximum atomic E-state index is 13.1. The Kier molecular flexibility index (Phi) is 4.85. The molecule has 0 aliphatic carbocycles. The van der Waals surface area contributed by atoms with Crippen molar-refractivity contribution in [2.24, 2.45) is 11.7 Å². The first-order valence-electron chi connectivity index (χ1n) is 6.72. The molecule has 1 aromatic carbocycles. The first-order valence-corrected chi connectivity index (χ1v) is 6.72. The summed E-state index contributed by atoms with van der Waals surface area (Å²) in [6.07, 6.45) is 1.20. The van der Waals surface area contributed by atoms with Crippen molar-refractivity contribution in [1.82, 2.24) is 4.90 Å². The predicted molar refractivity (Wildman–Crippen MR) is 73.3 cm³/mol. The Balaban J connectivity index is 1.87. The Morgan fingerprint density at radius 3 is 2.48 bits per heavy atom. The highest BCUT2D eigenvalue weighted by atomic mass is 19.2. The summed E-state index contributed by atoms with van der Waals surface area (Å²) in [5, 5.41) is 2.58. The van der Waals surface area contributed by atoms with Crippen molar-refractivity contribution in [2.45, 2.75) is 12.8 Å². The summed E-state index contributed by atoms with van der Waals surface area (Å²) < 4.78 is 25.9. The molecule has 1 aliphatic heterocycles. The molecule has 0 radical (unpaired) electrons. The number of hydrogen-bond donors (Lipinski definition) is 2. The highest BCUT2D eigenvalue weighted by molar-refractivity contribution is 5.92. The molecule has 5 nitrogen and oxygen atoms in total. The minimum Gasteiger partial charge on any atom is -0.369 e. The number of benzene rings is 1. The van der Waals surface area contributed by atoms with Crippen LogP contribution in [0.3, 0.4) is 0 Å². The van der Waals surface area contributed by atoms with E-state index >= 15 is 0 Å². The number of rotatable bonds is 4. The Morgan fingerprint density at radius 1 is 1.24 bits per heavy atom. The molecule has 2 rings (SSSR count). The molecule has 0 saturated carbocycles. The first-order chi connectivity index (χ1) is 9.95. The number of carbonyl (C=O) groups excluding carboxylic acids is 2. The molecule has 1 heterocycles. The molecule has 3 N–H and O–H groups in total. The van der Waals surface area contributed by atoms with E-state index in [1.54, 1.807) is 0 Å². The van der Waals surface area contributed by atoms with Gasteiger partial charge in [0.05, 0.1) is 6.54 Å². The SMILES string of the molecule is NC(=O)CN1CCC(C(=O)Nc2ccc(F)c(F)c2)CC1. The molecule has 21 heavy (non-hydrogen) atoms. The lowest BCUT2D eigenvalue weighted by Gasteiger charge is -2.30. The monoisotopic (exact) mass is 297 g/mol. The molecule has 0 bridgehead atoms. The van der Waals surface area contributed by atoms with Crippen LogP contribution in [0.5, 0.6) is 0 Å². The lowest BCUT2D eigenvalue weighted by atomic mass is 9.96.